The second-order valence-corrected chi connectivity index (χ2v) is 14.8. The highest BCUT2D eigenvalue weighted by Crippen LogP contribution is 2.54. The molecule has 7 heteroatoms. The molecular formula is C39H54O7. The monoisotopic (exact) mass is 634 g/mol. The Morgan fingerprint density at radius 1 is 1.02 bits per heavy atom. The first-order valence-electron chi connectivity index (χ1n) is 17.5. The second kappa shape index (κ2) is 13.1. The fraction of sp³-hybridized carbons (Fsp3) is 0.615. The number of benzene rings is 2. The van der Waals surface area contributed by atoms with Crippen LogP contribution in [-0.4, -0.2) is 43.7 Å². The first-order chi connectivity index (χ1) is 21.8. The molecule has 4 N–H and O–H groups in total. The largest absolute Gasteiger partial charge is 0.508 e. The van der Waals surface area contributed by atoms with Crippen LogP contribution < -0.4 is 4.74 Å². The number of hydrogen-bond donors (Lipinski definition) is 4. The van der Waals surface area contributed by atoms with Crippen LogP contribution in [-0.2, 0) is 17.6 Å². The summed E-state index contributed by atoms with van der Waals surface area (Å²) in [7, 11) is 0. The molecule has 46 heavy (non-hydrogen) atoms. The number of fused-ring (bicyclic) bond motifs is 2. The number of aliphatic hydroxyl groups is 1. The Morgan fingerprint density at radius 2 is 1.76 bits per heavy atom. The number of aromatic hydroxyl groups is 3. The summed E-state index contributed by atoms with van der Waals surface area (Å²) in [6.07, 6.45) is 7.42. The van der Waals surface area contributed by atoms with Crippen LogP contribution in [0.2, 0.25) is 0 Å². The molecule has 7 nitrogen and oxygen atoms in total. The van der Waals surface area contributed by atoms with Gasteiger partial charge < -0.3 is 29.9 Å². The smallest absolute Gasteiger partial charge is 0.342 e. The normalized spacial score (nSPS) is 27.0. The van der Waals surface area contributed by atoms with Crippen molar-refractivity contribution in [1.82, 2.24) is 0 Å². The maximum absolute atomic E-state index is 14.3. The lowest BCUT2D eigenvalue weighted by molar-refractivity contribution is -0.0694. The van der Waals surface area contributed by atoms with Gasteiger partial charge in [-0.15, -0.1) is 0 Å². The van der Waals surface area contributed by atoms with Crippen molar-refractivity contribution in [3.8, 4) is 23.0 Å². The fourth-order valence-corrected chi connectivity index (χ4v) is 8.31. The lowest BCUT2D eigenvalue weighted by atomic mass is 9.69. The van der Waals surface area contributed by atoms with E-state index in [9.17, 15) is 25.2 Å². The topological polar surface area (TPSA) is 116 Å². The number of ether oxygens (including phenoxy) is 2. The number of phenols is 3. The molecule has 5 atom stereocenters. The highest BCUT2D eigenvalue weighted by atomic mass is 16.6. The van der Waals surface area contributed by atoms with Crippen molar-refractivity contribution in [3.63, 3.8) is 0 Å². The standard InChI is InChI=1S/C39H54O7/c1-8-11-12-13-25-21-29(41)32(26-18-22(4)14-15-24(26)10-3)35(42)31(25)37(44)46-39(7)17-16-27-33(36(39)43)34-28(40)19-23(9-2)20-30(34)45-38(27,5)6/h19-22,24,26,36,40-43H,8-18H2,1-7H3/t22?,24-,26-,36?,39?/m1/s1. The third kappa shape index (κ3) is 6.12. The van der Waals surface area contributed by atoms with Gasteiger partial charge in [0.2, 0.25) is 0 Å². The molecule has 0 saturated heterocycles. The molecule has 1 aliphatic heterocycles. The van der Waals surface area contributed by atoms with E-state index in [0.717, 1.165) is 56.1 Å². The Bertz CT molecular complexity index is 1500. The minimum absolute atomic E-state index is 0.0261. The molecule has 5 rings (SSSR count). The number of carbonyl (C=O) groups is 1. The number of esters is 1. The van der Waals surface area contributed by atoms with E-state index in [1.807, 2.05) is 26.8 Å². The Kier molecular flexibility index (Phi) is 9.75. The van der Waals surface area contributed by atoms with Crippen molar-refractivity contribution in [1.29, 1.82) is 0 Å². The summed E-state index contributed by atoms with van der Waals surface area (Å²) in [5.74, 6) is 0.352. The molecule has 0 bridgehead atoms. The van der Waals surface area contributed by atoms with Crippen molar-refractivity contribution in [2.24, 2.45) is 11.8 Å². The van der Waals surface area contributed by atoms with Gasteiger partial charge in [0.25, 0.3) is 0 Å². The number of phenolic OH excluding ortho intramolecular Hbond substituents is 3. The van der Waals surface area contributed by atoms with Crippen molar-refractivity contribution in [2.45, 2.75) is 142 Å². The molecule has 0 aromatic heterocycles. The van der Waals surface area contributed by atoms with Gasteiger partial charge >= 0.3 is 5.97 Å². The predicted octanol–water partition coefficient (Wildman–Crippen LogP) is 8.72. The zero-order chi connectivity index (χ0) is 33.6. The second-order valence-electron chi connectivity index (χ2n) is 14.8. The Morgan fingerprint density at radius 3 is 2.43 bits per heavy atom. The SMILES string of the molecule is CCCCCc1cc(O)c([C@@H]2CC(C)CC[C@H]2CC)c(O)c1C(=O)OC1(C)CCC2=C(c3c(O)cc(CC)cc3OC2(C)C)C1O. The van der Waals surface area contributed by atoms with Gasteiger partial charge in [-0.2, -0.15) is 0 Å². The van der Waals surface area contributed by atoms with Crippen molar-refractivity contribution in [2.75, 3.05) is 0 Å². The number of aryl methyl sites for hydroxylation is 2. The Balaban J connectivity index is 1.56. The highest BCUT2D eigenvalue weighted by molar-refractivity contribution is 5.96. The zero-order valence-corrected chi connectivity index (χ0v) is 28.8. The van der Waals surface area contributed by atoms with Crippen LogP contribution in [0.25, 0.3) is 5.57 Å². The maximum atomic E-state index is 14.3. The first-order valence-corrected chi connectivity index (χ1v) is 17.5. The number of carbonyl (C=O) groups excluding carboxylic acids is 1. The lowest BCUT2D eigenvalue weighted by Gasteiger charge is -2.47. The van der Waals surface area contributed by atoms with E-state index >= 15 is 0 Å². The van der Waals surface area contributed by atoms with Gasteiger partial charge in [-0.1, -0.05) is 53.4 Å². The van der Waals surface area contributed by atoms with Crippen LogP contribution >= 0.6 is 0 Å². The molecule has 1 fully saturated rings. The van der Waals surface area contributed by atoms with E-state index in [-0.39, 0.29) is 28.7 Å². The molecule has 3 aliphatic rings. The van der Waals surface area contributed by atoms with E-state index in [0.29, 0.717) is 65.5 Å². The van der Waals surface area contributed by atoms with Gasteiger partial charge in [-0.05, 0) is 118 Å². The molecule has 0 spiro atoms. The molecule has 0 amide bonds. The van der Waals surface area contributed by atoms with Gasteiger partial charge in [-0.3, -0.25) is 0 Å². The summed E-state index contributed by atoms with van der Waals surface area (Å²) in [5.41, 5.74) is 1.79. The third-order valence-electron chi connectivity index (χ3n) is 11.1. The predicted molar refractivity (Wildman–Crippen MR) is 181 cm³/mol. The molecule has 0 radical (unpaired) electrons. The van der Waals surface area contributed by atoms with Gasteiger partial charge in [0.1, 0.15) is 45.9 Å². The van der Waals surface area contributed by atoms with Crippen LogP contribution in [0.3, 0.4) is 0 Å². The molecule has 2 aromatic rings. The summed E-state index contributed by atoms with van der Waals surface area (Å²) in [5, 5.41) is 46.4. The van der Waals surface area contributed by atoms with E-state index in [1.54, 1.807) is 19.1 Å². The van der Waals surface area contributed by atoms with Gasteiger partial charge in [0, 0.05) is 11.1 Å². The summed E-state index contributed by atoms with van der Waals surface area (Å²) < 4.78 is 12.7. The lowest BCUT2D eigenvalue weighted by Crippen LogP contribution is -2.50. The van der Waals surface area contributed by atoms with Crippen LogP contribution in [0, 0.1) is 11.8 Å². The number of hydrogen-bond acceptors (Lipinski definition) is 7. The molecule has 1 saturated carbocycles. The van der Waals surface area contributed by atoms with Gasteiger partial charge in [0.05, 0.1) is 5.56 Å². The van der Waals surface area contributed by atoms with Crippen LogP contribution in [0.15, 0.2) is 23.8 Å². The average Bonchev–Trinajstić information content (AvgIpc) is 2.98. The van der Waals surface area contributed by atoms with Crippen LogP contribution in [0.1, 0.15) is 145 Å². The minimum atomic E-state index is -1.34. The van der Waals surface area contributed by atoms with Gasteiger partial charge in [-0.25, -0.2) is 4.79 Å². The van der Waals surface area contributed by atoms with Crippen LogP contribution in [0.5, 0.6) is 23.0 Å². The molecule has 2 aliphatic carbocycles. The Hall–Kier alpha value is -3.19. The van der Waals surface area contributed by atoms with Crippen molar-refractivity contribution >= 4 is 11.5 Å². The van der Waals surface area contributed by atoms with Gasteiger partial charge in [0.15, 0.2) is 0 Å². The summed E-state index contributed by atoms with van der Waals surface area (Å²) in [4.78, 5) is 14.3. The van der Waals surface area contributed by atoms with E-state index in [2.05, 4.69) is 20.8 Å². The molecular weight excluding hydrogens is 580 g/mol. The average molecular weight is 635 g/mol. The summed E-state index contributed by atoms with van der Waals surface area (Å²) >= 11 is 0. The highest BCUT2D eigenvalue weighted by Gasteiger charge is 2.51. The Labute approximate surface area is 274 Å². The minimum Gasteiger partial charge on any atom is -0.508 e. The van der Waals surface area contributed by atoms with Crippen molar-refractivity contribution in [3.05, 3.63) is 51.6 Å². The maximum Gasteiger partial charge on any atom is 0.342 e. The van der Waals surface area contributed by atoms with E-state index in [4.69, 9.17) is 9.47 Å². The fourth-order valence-electron chi connectivity index (χ4n) is 8.31. The van der Waals surface area contributed by atoms with Crippen LogP contribution in [0.4, 0.5) is 0 Å². The van der Waals surface area contributed by atoms with Crippen molar-refractivity contribution < 1.29 is 34.7 Å². The molecule has 1 heterocycles. The van der Waals surface area contributed by atoms with E-state index < -0.39 is 23.3 Å². The summed E-state index contributed by atoms with van der Waals surface area (Å²) in [6.45, 7) is 14.1. The number of rotatable bonds is 9. The van der Waals surface area contributed by atoms with E-state index in [1.165, 1.54) is 0 Å². The molecule has 252 valence electrons. The summed E-state index contributed by atoms with van der Waals surface area (Å²) in [6, 6.07) is 5.26. The first kappa shape index (κ1) is 34.2. The third-order valence-corrected chi connectivity index (χ3v) is 11.1. The quantitative estimate of drug-likeness (QED) is 0.161. The zero-order valence-electron chi connectivity index (χ0n) is 28.8. The molecule has 3 unspecified atom stereocenters. The number of aliphatic hydroxyl groups excluding tert-OH is 1. The number of unbranched alkanes of at least 4 members (excludes halogenated alkanes) is 2. The molecule has 2 aromatic carbocycles.